The molecule has 6 nitrogen and oxygen atoms in total. The van der Waals surface area contributed by atoms with Gasteiger partial charge in [-0.1, -0.05) is 19.1 Å². The molecule has 0 spiro atoms. The zero-order valence-corrected chi connectivity index (χ0v) is 17.8. The minimum Gasteiger partial charge on any atom is -0.497 e. The molecule has 0 unspecified atom stereocenters. The maximum atomic E-state index is 13.2. The molecule has 2 aromatic rings. The number of methoxy groups -OCH3 is 2. The molecule has 0 heterocycles. The molecule has 0 N–H and O–H groups in total. The summed E-state index contributed by atoms with van der Waals surface area (Å²) < 4.78 is 38.7. The summed E-state index contributed by atoms with van der Waals surface area (Å²) in [5.41, 5.74) is 0.608. The minimum atomic E-state index is -3.91. The number of ether oxygens (including phenoxy) is 2. The lowest BCUT2D eigenvalue weighted by Crippen LogP contribution is -2.35. The Labute approximate surface area is 168 Å². The number of benzene rings is 2. The number of ketones is 1. The average molecular weight is 456 g/mol. The van der Waals surface area contributed by atoms with Crippen LogP contribution in [0.5, 0.6) is 11.5 Å². The standard InChI is InChI=1S/C19H22BrNO5S/c1-4-15(22)13-21(27(23,24)19-8-6-5-7-17(19)20)12-14-11-16(25-2)9-10-18(14)26-3/h5-11H,4,12-13H2,1-3H3. The maximum absolute atomic E-state index is 13.2. The Kier molecular flexibility index (Phi) is 7.41. The number of sulfonamides is 1. The summed E-state index contributed by atoms with van der Waals surface area (Å²) in [4.78, 5) is 12.2. The summed E-state index contributed by atoms with van der Waals surface area (Å²) in [5.74, 6) is 0.922. The van der Waals surface area contributed by atoms with Crippen LogP contribution in [0.15, 0.2) is 51.8 Å². The third-order valence-electron chi connectivity index (χ3n) is 4.04. The molecule has 27 heavy (non-hydrogen) atoms. The van der Waals surface area contributed by atoms with E-state index >= 15 is 0 Å². The molecular formula is C19H22BrNO5S. The van der Waals surface area contributed by atoms with Crippen LogP contribution in [0.2, 0.25) is 0 Å². The molecule has 0 aliphatic carbocycles. The van der Waals surface area contributed by atoms with Crippen molar-refractivity contribution in [2.45, 2.75) is 24.8 Å². The van der Waals surface area contributed by atoms with Gasteiger partial charge in [-0.15, -0.1) is 0 Å². The van der Waals surface area contributed by atoms with Crippen molar-refractivity contribution in [3.63, 3.8) is 0 Å². The van der Waals surface area contributed by atoms with Crippen LogP contribution in [0.25, 0.3) is 0 Å². The van der Waals surface area contributed by atoms with E-state index in [1.165, 1.54) is 20.3 Å². The van der Waals surface area contributed by atoms with Gasteiger partial charge in [0.1, 0.15) is 17.3 Å². The van der Waals surface area contributed by atoms with Crippen LogP contribution >= 0.6 is 15.9 Å². The van der Waals surface area contributed by atoms with E-state index in [-0.39, 0.29) is 30.2 Å². The first kappa shape index (κ1) is 21.4. The van der Waals surface area contributed by atoms with Crippen molar-refractivity contribution in [1.29, 1.82) is 0 Å². The highest BCUT2D eigenvalue weighted by Crippen LogP contribution is 2.30. The molecule has 0 fully saturated rings. The number of nitrogens with zero attached hydrogens (tertiary/aromatic N) is 1. The molecular weight excluding hydrogens is 434 g/mol. The van der Waals surface area contributed by atoms with E-state index < -0.39 is 10.0 Å². The molecule has 2 aromatic carbocycles. The zero-order valence-electron chi connectivity index (χ0n) is 15.4. The third-order valence-corrected chi connectivity index (χ3v) is 6.84. The minimum absolute atomic E-state index is 0.0181. The fourth-order valence-electron chi connectivity index (χ4n) is 2.52. The van der Waals surface area contributed by atoms with E-state index in [0.29, 0.717) is 21.5 Å². The molecule has 0 saturated carbocycles. The average Bonchev–Trinajstić information content (AvgIpc) is 2.67. The van der Waals surface area contributed by atoms with E-state index in [1.54, 1.807) is 43.3 Å². The molecule has 0 aliphatic heterocycles. The molecule has 2 rings (SSSR count). The molecule has 0 amide bonds. The maximum Gasteiger partial charge on any atom is 0.244 e. The highest BCUT2D eigenvalue weighted by molar-refractivity contribution is 9.10. The van der Waals surface area contributed by atoms with Crippen LogP contribution in [-0.2, 0) is 21.4 Å². The molecule has 0 radical (unpaired) electrons. The second-order valence-corrected chi connectivity index (χ2v) is 8.53. The Morgan fingerprint density at radius 2 is 1.81 bits per heavy atom. The Bertz CT molecular complexity index is 914. The lowest BCUT2D eigenvalue weighted by molar-refractivity contribution is -0.119. The van der Waals surface area contributed by atoms with Gasteiger partial charge in [0, 0.05) is 23.0 Å². The van der Waals surface area contributed by atoms with Crippen molar-refractivity contribution in [3.8, 4) is 11.5 Å². The van der Waals surface area contributed by atoms with Crippen molar-refractivity contribution in [2.75, 3.05) is 20.8 Å². The van der Waals surface area contributed by atoms with E-state index in [2.05, 4.69) is 15.9 Å². The number of hydrogen-bond acceptors (Lipinski definition) is 5. The molecule has 0 aliphatic rings. The fraction of sp³-hybridized carbons (Fsp3) is 0.316. The van der Waals surface area contributed by atoms with Gasteiger partial charge >= 0.3 is 0 Å². The molecule has 0 atom stereocenters. The van der Waals surface area contributed by atoms with Crippen LogP contribution in [0.1, 0.15) is 18.9 Å². The van der Waals surface area contributed by atoms with Gasteiger partial charge in [-0.25, -0.2) is 8.42 Å². The van der Waals surface area contributed by atoms with E-state index in [4.69, 9.17) is 9.47 Å². The number of Topliss-reactive ketones (excluding diaryl/α,β-unsaturated/α-hetero) is 1. The van der Waals surface area contributed by atoms with Gasteiger partial charge < -0.3 is 9.47 Å². The Hall–Kier alpha value is -1.90. The summed E-state index contributed by atoms with van der Waals surface area (Å²) in [6.07, 6.45) is 0.247. The van der Waals surface area contributed by atoms with Crippen molar-refractivity contribution in [2.24, 2.45) is 0 Å². The SMILES string of the molecule is CCC(=O)CN(Cc1cc(OC)ccc1OC)S(=O)(=O)c1ccccc1Br. The highest BCUT2D eigenvalue weighted by atomic mass is 79.9. The van der Waals surface area contributed by atoms with Gasteiger partial charge in [0.25, 0.3) is 0 Å². The number of halogens is 1. The van der Waals surface area contributed by atoms with Crippen molar-refractivity contribution in [1.82, 2.24) is 4.31 Å². The Morgan fingerprint density at radius 1 is 1.11 bits per heavy atom. The van der Waals surface area contributed by atoms with Gasteiger partial charge in [-0.3, -0.25) is 4.79 Å². The fourth-order valence-corrected chi connectivity index (χ4v) is 4.89. The van der Waals surface area contributed by atoms with Crippen LogP contribution in [0.3, 0.4) is 0 Å². The lowest BCUT2D eigenvalue weighted by Gasteiger charge is -2.23. The molecule has 0 aromatic heterocycles. The third kappa shape index (κ3) is 5.09. The highest BCUT2D eigenvalue weighted by Gasteiger charge is 2.29. The molecule has 146 valence electrons. The van der Waals surface area contributed by atoms with Gasteiger partial charge in [0.05, 0.1) is 25.7 Å². The predicted molar refractivity (Wildman–Crippen MR) is 107 cm³/mol. The van der Waals surface area contributed by atoms with Crippen LogP contribution in [0, 0.1) is 0 Å². The normalized spacial score (nSPS) is 11.4. The first-order chi connectivity index (χ1) is 12.8. The number of carbonyl (C=O) groups excluding carboxylic acids is 1. The van der Waals surface area contributed by atoms with Gasteiger partial charge in [0.15, 0.2) is 0 Å². The number of carbonyl (C=O) groups is 1. The van der Waals surface area contributed by atoms with Crippen LogP contribution in [0.4, 0.5) is 0 Å². The number of rotatable bonds is 9. The van der Waals surface area contributed by atoms with Crippen molar-refractivity contribution in [3.05, 3.63) is 52.5 Å². The second kappa shape index (κ2) is 9.34. The van der Waals surface area contributed by atoms with E-state index in [0.717, 1.165) is 4.31 Å². The first-order valence-electron chi connectivity index (χ1n) is 8.30. The quantitative estimate of drug-likeness (QED) is 0.576. The van der Waals surface area contributed by atoms with Crippen LogP contribution in [-0.4, -0.2) is 39.3 Å². The van der Waals surface area contributed by atoms with Crippen molar-refractivity contribution >= 4 is 31.7 Å². The Balaban J connectivity index is 2.50. The van der Waals surface area contributed by atoms with Gasteiger partial charge in [-0.05, 0) is 46.3 Å². The zero-order chi connectivity index (χ0) is 20.0. The molecule has 0 saturated heterocycles. The summed E-state index contributed by atoms with van der Waals surface area (Å²) in [7, 11) is -0.872. The molecule has 8 heteroatoms. The van der Waals surface area contributed by atoms with Gasteiger partial charge in [-0.2, -0.15) is 4.31 Å². The van der Waals surface area contributed by atoms with Crippen LogP contribution < -0.4 is 9.47 Å². The summed E-state index contributed by atoms with van der Waals surface area (Å²) >= 11 is 3.28. The smallest absolute Gasteiger partial charge is 0.244 e. The summed E-state index contributed by atoms with van der Waals surface area (Å²) in [5, 5.41) is 0. The van der Waals surface area contributed by atoms with E-state index in [9.17, 15) is 13.2 Å². The Morgan fingerprint density at radius 3 is 2.41 bits per heavy atom. The van der Waals surface area contributed by atoms with Crippen molar-refractivity contribution < 1.29 is 22.7 Å². The molecule has 0 bridgehead atoms. The lowest BCUT2D eigenvalue weighted by atomic mass is 10.2. The van der Waals surface area contributed by atoms with Gasteiger partial charge in [0.2, 0.25) is 10.0 Å². The largest absolute Gasteiger partial charge is 0.497 e. The predicted octanol–water partition coefficient (Wildman–Crippen LogP) is 3.64. The topological polar surface area (TPSA) is 72.9 Å². The van der Waals surface area contributed by atoms with E-state index in [1.807, 2.05) is 0 Å². The number of hydrogen-bond donors (Lipinski definition) is 0. The first-order valence-corrected chi connectivity index (χ1v) is 10.5. The second-order valence-electron chi connectivity index (χ2n) is 5.77. The summed E-state index contributed by atoms with van der Waals surface area (Å²) in [6, 6.07) is 11.7. The monoisotopic (exact) mass is 455 g/mol. The summed E-state index contributed by atoms with van der Waals surface area (Å²) in [6.45, 7) is 1.47.